The Morgan fingerprint density at radius 3 is 2.90 bits per heavy atom. The van der Waals surface area contributed by atoms with Crippen LogP contribution in [-0.2, 0) is 0 Å². The van der Waals surface area contributed by atoms with Gasteiger partial charge in [-0.25, -0.2) is 0 Å². The van der Waals surface area contributed by atoms with Crippen LogP contribution in [0.4, 0.5) is 0 Å². The number of carbonyl (C=O) groups excluding carboxylic acids is 1. The first-order chi connectivity index (χ1) is 9.54. The number of piperidine rings is 1. The molecule has 1 heterocycles. The molecule has 2 rings (SSSR count). The number of oxime groups is 1. The van der Waals surface area contributed by atoms with Gasteiger partial charge in [0.2, 0.25) is 0 Å². The average molecular weight is 342 g/mol. The first-order valence-corrected chi connectivity index (χ1v) is 7.10. The number of likely N-dealkylation sites (tertiary alicyclic amines) is 1. The van der Waals surface area contributed by atoms with Gasteiger partial charge >= 0.3 is 0 Å². The molecule has 1 aromatic rings. The Morgan fingerprint density at radius 2 is 2.20 bits per heavy atom. The lowest BCUT2D eigenvalue weighted by atomic mass is 10.00. The maximum Gasteiger partial charge on any atom is 0.258 e. The topological polar surface area (TPSA) is 99.2 Å². The molecule has 1 atom stereocenters. The van der Waals surface area contributed by atoms with Crippen molar-refractivity contribution >= 4 is 27.7 Å². The van der Waals surface area contributed by atoms with E-state index in [1.165, 1.54) is 6.07 Å². The lowest BCUT2D eigenvalue weighted by Crippen LogP contribution is -2.50. The van der Waals surface area contributed by atoms with Gasteiger partial charge in [0, 0.05) is 11.0 Å². The average Bonchev–Trinajstić information content (AvgIpc) is 2.48. The maximum atomic E-state index is 12.6. The number of carbonyl (C=O) groups is 1. The van der Waals surface area contributed by atoms with Crippen LogP contribution >= 0.6 is 15.9 Å². The minimum atomic E-state index is -0.431. The molecule has 1 amide bonds. The second-order valence-electron chi connectivity index (χ2n) is 4.70. The number of aromatic hydroxyl groups is 1. The van der Waals surface area contributed by atoms with E-state index in [1.54, 1.807) is 17.0 Å². The third-order valence-corrected chi connectivity index (χ3v) is 3.90. The summed E-state index contributed by atoms with van der Waals surface area (Å²) in [5.74, 6) is -0.380. The number of nitrogens with two attached hydrogens (primary N) is 1. The van der Waals surface area contributed by atoms with Crippen molar-refractivity contribution in [3.8, 4) is 5.75 Å². The Hall–Kier alpha value is -1.76. The molecule has 1 fully saturated rings. The van der Waals surface area contributed by atoms with Crippen molar-refractivity contribution in [2.75, 3.05) is 6.54 Å². The Balaban J connectivity index is 2.32. The van der Waals surface area contributed by atoms with Crippen LogP contribution < -0.4 is 5.73 Å². The molecule has 0 saturated carbocycles. The summed E-state index contributed by atoms with van der Waals surface area (Å²) in [6.07, 6.45) is 2.42. The molecule has 0 aliphatic carbocycles. The summed E-state index contributed by atoms with van der Waals surface area (Å²) in [4.78, 5) is 14.1. The zero-order valence-corrected chi connectivity index (χ0v) is 12.4. The van der Waals surface area contributed by atoms with Crippen molar-refractivity contribution in [2.45, 2.75) is 25.3 Å². The highest BCUT2D eigenvalue weighted by Crippen LogP contribution is 2.26. The van der Waals surface area contributed by atoms with Gasteiger partial charge in [-0.3, -0.25) is 4.79 Å². The quantitative estimate of drug-likeness (QED) is 0.331. The number of hydrogen-bond acceptors (Lipinski definition) is 4. The normalized spacial score (nSPS) is 19.9. The summed E-state index contributed by atoms with van der Waals surface area (Å²) in [7, 11) is 0. The van der Waals surface area contributed by atoms with Gasteiger partial charge in [0.25, 0.3) is 5.91 Å². The molecule has 1 unspecified atom stereocenters. The molecular weight excluding hydrogens is 326 g/mol. The number of nitrogens with zero attached hydrogens (tertiary/aromatic N) is 2. The number of phenols is 1. The Kier molecular flexibility index (Phi) is 4.49. The van der Waals surface area contributed by atoms with Crippen LogP contribution in [0.25, 0.3) is 0 Å². The van der Waals surface area contributed by atoms with E-state index in [-0.39, 0.29) is 23.1 Å². The molecule has 108 valence electrons. The number of benzene rings is 1. The Morgan fingerprint density at radius 1 is 1.45 bits per heavy atom. The zero-order valence-electron chi connectivity index (χ0n) is 10.8. The van der Waals surface area contributed by atoms with E-state index in [4.69, 9.17) is 10.9 Å². The lowest BCUT2D eigenvalue weighted by molar-refractivity contribution is 0.0673. The number of hydrogen-bond donors (Lipinski definition) is 3. The van der Waals surface area contributed by atoms with Crippen LogP contribution in [-0.4, -0.2) is 39.5 Å². The summed E-state index contributed by atoms with van der Waals surface area (Å²) >= 11 is 3.28. The first kappa shape index (κ1) is 14.6. The summed E-state index contributed by atoms with van der Waals surface area (Å²) in [5, 5.41) is 21.7. The molecule has 1 aliphatic rings. The third kappa shape index (κ3) is 2.87. The fourth-order valence-corrected chi connectivity index (χ4v) is 2.74. The number of amidine groups is 1. The van der Waals surface area contributed by atoms with Gasteiger partial charge in [-0.05, 0) is 37.5 Å². The SMILES string of the molecule is N/C(=N/O)C1CCCCN1C(=O)c1cc(Br)ccc1O. The number of halogens is 1. The van der Waals surface area contributed by atoms with Crippen molar-refractivity contribution in [1.29, 1.82) is 0 Å². The third-order valence-electron chi connectivity index (χ3n) is 3.41. The van der Waals surface area contributed by atoms with Crippen LogP contribution in [0, 0.1) is 0 Å². The van der Waals surface area contributed by atoms with Gasteiger partial charge in [0.05, 0.1) is 11.6 Å². The predicted molar refractivity (Wildman–Crippen MR) is 77.9 cm³/mol. The van der Waals surface area contributed by atoms with Gasteiger partial charge < -0.3 is 20.9 Å². The molecule has 7 heteroatoms. The monoisotopic (exact) mass is 341 g/mol. The van der Waals surface area contributed by atoms with Crippen molar-refractivity contribution in [3.63, 3.8) is 0 Å². The molecule has 1 saturated heterocycles. The minimum Gasteiger partial charge on any atom is -0.507 e. The maximum absolute atomic E-state index is 12.6. The van der Waals surface area contributed by atoms with Crippen LogP contribution in [0.3, 0.4) is 0 Å². The van der Waals surface area contributed by atoms with E-state index in [2.05, 4.69) is 21.1 Å². The Labute approximate surface area is 125 Å². The van der Waals surface area contributed by atoms with Crippen molar-refractivity contribution in [2.24, 2.45) is 10.9 Å². The first-order valence-electron chi connectivity index (χ1n) is 6.31. The molecule has 4 N–H and O–H groups in total. The highest BCUT2D eigenvalue weighted by atomic mass is 79.9. The van der Waals surface area contributed by atoms with Gasteiger partial charge in [0.15, 0.2) is 5.84 Å². The van der Waals surface area contributed by atoms with Gasteiger partial charge in [-0.1, -0.05) is 21.1 Å². The van der Waals surface area contributed by atoms with Crippen LogP contribution in [0.1, 0.15) is 29.6 Å². The van der Waals surface area contributed by atoms with E-state index in [0.717, 1.165) is 12.8 Å². The van der Waals surface area contributed by atoms with Gasteiger partial charge in [-0.15, -0.1) is 0 Å². The molecule has 0 aromatic heterocycles. The van der Waals surface area contributed by atoms with E-state index >= 15 is 0 Å². The number of phenolic OH excluding ortho intramolecular Hbond substituents is 1. The fraction of sp³-hybridized carbons (Fsp3) is 0.385. The van der Waals surface area contributed by atoms with Gasteiger partial charge in [0.1, 0.15) is 5.75 Å². The zero-order chi connectivity index (χ0) is 14.7. The van der Waals surface area contributed by atoms with E-state index in [1.807, 2.05) is 0 Å². The molecular formula is C13H16BrN3O3. The van der Waals surface area contributed by atoms with E-state index < -0.39 is 6.04 Å². The van der Waals surface area contributed by atoms with Crippen LogP contribution in [0.5, 0.6) is 5.75 Å². The van der Waals surface area contributed by atoms with Crippen LogP contribution in [0.15, 0.2) is 27.8 Å². The largest absolute Gasteiger partial charge is 0.507 e. The molecule has 0 bridgehead atoms. The standard InChI is InChI=1S/C13H16BrN3O3/c14-8-4-5-11(18)9(7-8)13(19)17-6-2-1-3-10(17)12(15)16-20/h4-5,7,10,18,20H,1-3,6H2,(H2,15,16). The highest BCUT2D eigenvalue weighted by Gasteiger charge is 2.31. The molecule has 6 nitrogen and oxygen atoms in total. The van der Waals surface area contributed by atoms with Crippen molar-refractivity contribution in [1.82, 2.24) is 4.90 Å². The van der Waals surface area contributed by atoms with E-state index in [0.29, 0.717) is 17.4 Å². The summed E-state index contributed by atoms with van der Waals surface area (Å²) in [6.45, 7) is 0.520. The molecule has 1 aromatic carbocycles. The fourth-order valence-electron chi connectivity index (χ4n) is 2.38. The van der Waals surface area contributed by atoms with Gasteiger partial charge in [-0.2, -0.15) is 0 Å². The molecule has 20 heavy (non-hydrogen) atoms. The Bertz CT molecular complexity index is 548. The summed E-state index contributed by atoms with van der Waals surface area (Å²) in [5.41, 5.74) is 5.86. The van der Waals surface area contributed by atoms with E-state index in [9.17, 15) is 9.90 Å². The second-order valence-corrected chi connectivity index (χ2v) is 5.61. The number of rotatable bonds is 2. The van der Waals surface area contributed by atoms with Crippen LogP contribution in [0.2, 0.25) is 0 Å². The molecule has 1 aliphatic heterocycles. The summed E-state index contributed by atoms with van der Waals surface area (Å²) < 4.78 is 0.705. The second kappa shape index (κ2) is 6.13. The van der Waals surface area contributed by atoms with Crippen molar-refractivity contribution in [3.05, 3.63) is 28.2 Å². The number of amides is 1. The smallest absolute Gasteiger partial charge is 0.258 e. The molecule has 0 radical (unpaired) electrons. The summed E-state index contributed by atoms with van der Waals surface area (Å²) in [6, 6.07) is 4.25. The molecule has 0 spiro atoms. The minimum absolute atomic E-state index is 0.0209. The lowest BCUT2D eigenvalue weighted by Gasteiger charge is -2.35. The van der Waals surface area contributed by atoms with Crippen molar-refractivity contribution < 1.29 is 15.1 Å². The predicted octanol–water partition coefficient (Wildman–Crippen LogP) is 1.90. The highest BCUT2D eigenvalue weighted by molar-refractivity contribution is 9.10.